The van der Waals surface area contributed by atoms with E-state index < -0.39 is 12.2 Å². The molecule has 168 valence electrons. The number of rotatable bonds is 6. The maximum Gasteiger partial charge on any atom is 0.317 e. The average Bonchev–Trinajstić information content (AvgIpc) is 3.21. The molecule has 30 heavy (non-hydrogen) atoms. The van der Waals surface area contributed by atoms with Gasteiger partial charge >= 0.3 is 6.03 Å². The van der Waals surface area contributed by atoms with Crippen molar-refractivity contribution in [2.75, 3.05) is 59.2 Å². The van der Waals surface area contributed by atoms with Crippen LogP contribution in [0, 0.1) is 0 Å². The molecule has 0 radical (unpaired) electrons. The van der Waals surface area contributed by atoms with Crippen LogP contribution in [0.4, 0.5) is 4.79 Å². The molecule has 0 spiro atoms. The minimum Gasteiger partial charge on any atom is -0.390 e. The fourth-order valence-corrected chi connectivity index (χ4v) is 4.09. The topological polar surface area (TPSA) is 110 Å². The Morgan fingerprint density at radius 3 is 2.63 bits per heavy atom. The molecule has 2 N–H and O–H groups in total. The summed E-state index contributed by atoms with van der Waals surface area (Å²) in [6, 6.07) is 1.85. The van der Waals surface area contributed by atoms with Crippen LogP contribution >= 0.6 is 0 Å². The minimum atomic E-state index is -0.583. The van der Waals surface area contributed by atoms with E-state index in [4.69, 9.17) is 18.7 Å². The number of aliphatic hydroxyl groups is 1. The molecule has 0 aliphatic carbocycles. The molecule has 1 aromatic rings. The number of carbonyl (C=O) groups is 1. The summed E-state index contributed by atoms with van der Waals surface area (Å²) in [4.78, 5) is 16.3. The lowest BCUT2D eigenvalue weighted by molar-refractivity contribution is -0.114. The summed E-state index contributed by atoms with van der Waals surface area (Å²) in [6.07, 6.45) is 0.962. The Kier molecular flexibility index (Phi) is 7.56. The first-order valence-electron chi connectivity index (χ1n) is 10.9. The molecule has 10 nitrogen and oxygen atoms in total. The fraction of sp³-hybridized carbons (Fsp3) is 0.800. The summed E-state index contributed by atoms with van der Waals surface area (Å²) in [6.45, 7) is 6.61. The zero-order valence-corrected chi connectivity index (χ0v) is 17.3. The summed E-state index contributed by atoms with van der Waals surface area (Å²) in [5.74, 6) is 0.845. The van der Waals surface area contributed by atoms with Crippen LogP contribution in [-0.4, -0.2) is 104 Å². The van der Waals surface area contributed by atoms with Gasteiger partial charge in [0.05, 0.1) is 50.9 Å². The summed E-state index contributed by atoms with van der Waals surface area (Å²) in [5.41, 5.74) is 0.857. The van der Waals surface area contributed by atoms with Gasteiger partial charge in [0.25, 0.3) is 0 Å². The first-order valence-corrected chi connectivity index (χ1v) is 10.9. The van der Waals surface area contributed by atoms with Gasteiger partial charge in [0.2, 0.25) is 0 Å². The van der Waals surface area contributed by atoms with Crippen molar-refractivity contribution >= 4 is 6.03 Å². The molecule has 2 amide bonds. The number of morpholine rings is 2. The second kappa shape index (κ2) is 10.5. The van der Waals surface area contributed by atoms with Gasteiger partial charge in [0, 0.05) is 45.2 Å². The maximum atomic E-state index is 12.3. The van der Waals surface area contributed by atoms with Crippen LogP contribution in [0.15, 0.2) is 10.6 Å². The molecule has 3 aliphatic rings. The number of carbonyl (C=O) groups excluding carboxylic acids is 1. The number of hydrogen-bond donors (Lipinski definition) is 2. The van der Waals surface area contributed by atoms with Crippen molar-refractivity contribution in [3.05, 3.63) is 17.5 Å². The van der Waals surface area contributed by atoms with Crippen molar-refractivity contribution in [3.63, 3.8) is 0 Å². The Hall–Kier alpha value is -1.72. The number of nitrogens with zero attached hydrogens (tertiary/aromatic N) is 3. The van der Waals surface area contributed by atoms with E-state index in [2.05, 4.69) is 15.4 Å². The van der Waals surface area contributed by atoms with Crippen LogP contribution in [0.5, 0.6) is 0 Å². The van der Waals surface area contributed by atoms with Crippen molar-refractivity contribution in [2.45, 2.75) is 44.1 Å². The highest BCUT2D eigenvalue weighted by Crippen LogP contribution is 2.23. The molecule has 0 saturated carbocycles. The Balaban J connectivity index is 1.23. The SMILES string of the molecule is O=C(NCC1OC(Cc2cc(CN3CCOCC3)on2)CCC1O)N1CCOCC1. The summed E-state index contributed by atoms with van der Waals surface area (Å²) >= 11 is 0. The zero-order valence-electron chi connectivity index (χ0n) is 17.3. The number of ether oxygens (including phenoxy) is 3. The van der Waals surface area contributed by atoms with Gasteiger partial charge in [-0.25, -0.2) is 4.79 Å². The zero-order chi connectivity index (χ0) is 20.8. The van der Waals surface area contributed by atoms with Crippen LogP contribution in [0.3, 0.4) is 0 Å². The summed E-state index contributed by atoms with van der Waals surface area (Å²) < 4.78 is 22.2. The van der Waals surface area contributed by atoms with E-state index in [0.29, 0.717) is 39.1 Å². The second-order valence-electron chi connectivity index (χ2n) is 8.10. The van der Waals surface area contributed by atoms with Crippen LogP contribution in [0.2, 0.25) is 0 Å². The lowest BCUT2D eigenvalue weighted by atomic mass is 9.98. The van der Waals surface area contributed by atoms with E-state index in [0.717, 1.165) is 50.7 Å². The van der Waals surface area contributed by atoms with E-state index in [-0.39, 0.29) is 18.7 Å². The van der Waals surface area contributed by atoms with Crippen LogP contribution < -0.4 is 5.32 Å². The number of hydrogen-bond acceptors (Lipinski definition) is 8. The van der Waals surface area contributed by atoms with Crippen molar-refractivity contribution in [1.82, 2.24) is 20.3 Å². The van der Waals surface area contributed by atoms with E-state index in [9.17, 15) is 9.90 Å². The standard InChI is InChI=1S/C20H32N4O6/c25-18-2-1-16(29-19(18)13-21-20(26)24-5-9-28-10-6-24)11-15-12-17(30-22-15)14-23-3-7-27-8-4-23/h12,16,18-19,25H,1-11,13-14H2,(H,21,26). The highest BCUT2D eigenvalue weighted by molar-refractivity contribution is 5.74. The average molecular weight is 424 g/mol. The van der Waals surface area contributed by atoms with E-state index in [1.807, 2.05) is 6.07 Å². The molecule has 10 heteroatoms. The van der Waals surface area contributed by atoms with E-state index >= 15 is 0 Å². The quantitative estimate of drug-likeness (QED) is 0.657. The predicted molar refractivity (Wildman–Crippen MR) is 106 cm³/mol. The third-order valence-electron chi connectivity index (χ3n) is 5.86. The van der Waals surface area contributed by atoms with Gasteiger partial charge in [-0.2, -0.15) is 0 Å². The largest absolute Gasteiger partial charge is 0.390 e. The summed E-state index contributed by atoms with van der Waals surface area (Å²) in [5, 5.41) is 17.4. The molecule has 3 saturated heterocycles. The molecule has 1 aromatic heterocycles. The number of urea groups is 1. The highest BCUT2D eigenvalue weighted by Gasteiger charge is 2.31. The van der Waals surface area contributed by atoms with Crippen LogP contribution in [-0.2, 0) is 27.2 Å². The monoisotopic (exact) mass is 424 g/mol. The Morgan fingerprint density at radius 2 is 1.87 bits per heavy atom. The third kappa shape index (κ3) is 5.92. The molecule has 3 unspecified atom stereocenters. The van der Waals surface area contributed by atoms with E-state index in [1.54, 1.807) is 4.90 Å². The Labute approximate surface area is 176 Å². The van der Waals surface area contributed by atoms with Crippen molar-refractivity contribution in [2.24, 2.45) is 0 Å². The highest BCUT2D eigenvalue weighted by atomic mass is 16.5. The Morgan fingerprint density at radius 1 is 1.13 bits per heavy atom. The number of amides is 2. The third-order valence-corrected chi connectivity index (χ3v) is 5.86. The van der Waals surface area contributed by atoms with Gasteiger partial charge in [-0.15, -0.1) is 0 Å². The van der Waals surface area contributed by atoms with Gasteiger partial charge in [-0.1, -0.05) is 5.16 Å². The summed E-state index contributed by atoms with van der Waals surface area (Å²) in [7, 11) is 0. The lowest BCUT2D eigenvalue weighted by Crippen LogP contribution is -2.51. The number of aliphatic hydroxyl groups excluding tert-OH is 1. The minimum absolute atomic E-state index is 0.0555. The van der Waals surface area contributed by atoms with Crippen molar-refractivity contribution < 1.29 is 28.6 Å². The molecule has 3 fully saturated rings. The van der Waals surface area contributed by atoms with Gasteiger partial charge in [0.15, 0.2) is 5.76 Å². The maximum absolute atomic E-state index is 12.3. The van der Waals surface area contributed by atoms with E-state index in [1.165, 1.54) is 0 Å². The normalized spacial score (nSPS) is 28.4. The second-order valence-corrected chi connectivity index (χ2v) is 8.10. The van der Waals surface area contributed by atoms with Crippen molar-refractivity contribution in [1.29, 1.82) is 0 Å². The van der Waals surface area contributed by atoms with Gasteiger partial charge < -0.3 is 34.1 Å². The predicted octanol–water partition coefficient (Wildman–Crippen LogP) is -0.000400. The van der Waals surface area contributed by atoms with Crippen LogP contribution in [0.25, 0.3) is 0 Å². The molecular formula is C20H32N4O6. The smallest absolute Gasteiger partial charge is 0.317 e. The van der Waals surface area contributed by atoms with Gasteiger partial charge in [0.1, 0.15) is 6.10 Å². The molecule has 0 aromatic carbocycles. The van der Waals surface area contributed by atoms with Crippen molar-refractivity contribution in [3.8, 4) is 0 Å². The Bertz CT molecular complexity index is 674. The molecule has 4 heterocycles. The molecule has 4 rings (SSSR count). The molecule has 3 aliphatic heterocycles. The van der Waals surface area contributed by atoms with Gasteiger partial charge in [-0.3, -0.25) is 4.90 Å². The molecule has 0 bridgehead atoms. The first kappa shape index (κ1) is 21.5. The number of aromatic nitrogens is 1. The van der Waals surface area contributed by atoms with Crippen LogP contribution in [0.1, 0.15) is 24.3 Å². The first-order chi connectivity index (χ1) is 14.7. The number of nitrogens with one attached hydrogen (secondary N) is 1. The fourth-order valence-electron chi connectivity index (χ4n) is 4.09. The lowest BCUT2D eigenvalue weighted by Gasteiger charge is -2.34. The molecular weight excluding hydrogens is 392 g/mol. The van der Waals surface area contributed by atoms with Gasteiger partial charge in [-0.05, 0) is 12.8 Å². The molecule has 3 atom stereocenters.